The summed E-state index contributed by atoms with van der Waals surface area (Å²) in [6.07, 6.45) is 0. The van der Waals surface area contributed by atoms with Crippen molar-refractivity contribution in [1.82, 2.24) is 4.31 Å². The minimum Gasteiger partial charge on any atom is -0.268 e. The number of carbonyl (C=O) groups excluding carboxylic acids is 1. The average Bonchev–Trinajstić information content (AvgIpc) is 2.72. The zero-order chi connectivity index (χ0) is 20.6. The molecule has 1 amide bonds. The normalized spacial score (nSPS) is 15.3. The van der Waals surface area contributed by atoms with E-state index in [1.165, 1.54) is 4.31 Å². The van der Waals surface area contributed by atoms with Crippen LogP contribution in [-0.2, 0) is 23.3 Å². The summed E-state index contributed by atoms with van der Waals surface area (Å²) in [4.78, 5) is 13.0. The smallest absolute Gasteiger partial charge is 0.268 e. The van der Waals surface area contributed by atoms with Crippen molar-refractivity contribution in [1.29, 1.82) is 0 Å². The molecule has 0 N–H and O–H groups in total. The highest BCUT2D eigenvalue weighted by atomic mass is 35.5. The zero-order valence-corrected chi connectivity index (χ0v) is 17.5. The highest BCUT2D eigenvalue weighted by Crippen LogP contribution is 2.36. The van der Waals surface area contributed by atoms with E-state index in [1.54, 1.807) is 66.7 Å². The van der Waals surface area contributed by atoms with Crippen LogP contribution in [-0.4, -0.2) is 18.6 Å². The van der Waals surface area contributed by atoms with Crippen LogP contribution in [0.5, 0.6) is 0 Å². The highest BCUT2D eigenvalue weighted by Gasteiger charge is 2.41. The molecule has 29 heavy (non-hydrogen) atoms. The van der Waals surface area contributed by atoms with Crippen LogP contribution in [0.4, 0.5) is 5.69 Å². The Morgan fingerprint density at radius 3 is 2.21 bits per heavy atom. The summed E-state index contributed by atoms with van der Waals surface area (Å²) in [5.41, 5.74) is 1.89. The molecule has 1 aliphatic heterocycles. The minimum atomic E-state index is -4.14. The lowest BCUT2D eigenvalue weighted by atomic mass is 10.1. The van der Waals surface area contributed by atoms with E-state index in [1.807, 2.05) is 6.07 Å². The third kappa shape index (κ3) is 3.59. The molecule has 0 aromatic heterocycles. The van der Waals surface area contributed by atoms with Gasteiger partial charge in [-0.3, -0.25) is 4.79 Å². The van der Waals surface area contributed by atoms with Crippen LogP contribution >= 0.6 is 23.2 Å². The number of carbonyl (C=O) groups is 1. The van der Waals surface area contributed by atoms with Crippen molar-refractivity contribution in [3.8, 4) is 0 Å². The van der Waals surface area contributed by atoms with Gasteiger partial charge in [0.2, 0.25) is 0 Å². The number of halogens is 2. The second-order valence-corrected chi connectivity index (χ2v) is 9.10. The first kappa shape index (κ1) is 19.8. The summed E-state index contributed by atoms with van der Waals surface area (Å²) in [5, 5.41) is 0.623. The maximum absolute atomic E-state index is 13.4. The first-order valence-electron chi connectivity index (χ1n) is 8.80. The number of anilines is 1. The topological polar surface area (TPSA) is 57.7 Å². The van der Waals surface area contributed by atoms with E-state index in [-0.39, 0.29) is 18.1 Å². The molecule has 3 aromatic rings. The third-order valence-corrected chi connectivity index (χ3v) is 7.29. The van der Waals surface area contributed by atoms with Crippen LogP contribution in [0.2, 0.25) is 10.0 Å². The summed E-state index contributed by atoms with van der Waals surface area (Å²) in [6, 6.07) is 20.7. The zero-order valence-electron chi connectivity index (χ0n) is 15.1. The summed E-state index contributed by atoms with van der Waals surface area (Å²) in [5.74, 6) is -0.558. The van der Waals surface area contributed by atoms with Crippen molar-refractivity contribution >= 4 is 45.0 Å². The number of nitrogens with zero attached hydrogens (tertiary/aromatic N) is 2. The third-order valence-electron chi connectivity index (χ3n) is 4.70. The van der Waals surface area contributed by atoms with Gasteiger partial charge in [-0.15, -0.1) is 0 Å². The molecule has 1 heterocycles. The monoisotopic (exact) mass is 446 g/mol. The lowest BCUT2D eigenvalue weighted by molar-refractivity contribution is 0.0851. The number of benzene rings is 3. The van der Waals surface area contributed by atoms with E-state index in [2.05, 4.69) is 0 Å². The molecule has 8 heteroatoms. The van der Waals surface area contributed by atoms with E-state index in [4.69, 9.17) is 23.2 Å². The van der Waals surface area contributed by atoms with Gasteiger partial charge >= 0.3 is 10.2 Å². The Morgan fingerprint density at radius 1 is 0.759 bits per heavy atom. The molecule has 148 valence electrons. The molecule has 0 saturated heterocycles. The molecule has 0 fully saturated rings. The fraction of sp³-hybridized carbons (Fsp3) is 0.0952. The Hall–Kier alpha value is -2.54. The van der Waals surface area contributed by atoms with Gasteiger partial charge in [-0.2, -0.15) is 8.42 Å². The Balaban J connectivity index is 1.81. The first-order chi connectivity index (χ1) is 13.9. The van der Waals surface area contributed by atoms with Gasteiger partial charge in [0.05, 0.1) is 34.4 Å². The van der Waals surface area contributed by atoms with Gasteiger partial charge in [0.25, 0.3) is 5.91 Å². The molecule has 0 spiro atoms. The van der Waals surface area contributed by atoms with Gasteiger partial charge in [0.15, 0.2) is 0 Å². The number of hydrogen-bond donors (Lipinski definition) is 0. The van der Waals surface area contributed by atoms with E-state index in [9.17, 15) is 13.2 Å². The lowest BCUT2D eigenvalue weighted by Gasteiger charge is -2.37. The predicted octanol–water partition coefficient (Wildman–Crippen LogP) is 4.90. The number of hydrogen-bond acceptors (Lipinski definition) is 3. The first-order valence-corrected chi connectivity index (χ1v) is 11.0. The minimum absolute atomic E-state index is 0.0443. The van der Waals surface area contributed by atoms with Crippen molar-refractivity contribution in [3.63, 3.8) is 0 Å². The van der Waals surface area contributed by atoms with Gasteiger partial charge in [0, 0.05) is 0 Å². The fourth-order valence-electron chi connectivity index (χ4n) is 3.25. The van der Waals surface area contributed by atoms with Gasteiger partial charge in [-0.05, 0) is 29.3 Å². The summed E-state index contributed by atoms with van der Waals surface area (Å²) < 4.78 is 29.0. The second-order valence-electron chi connectivity index (χ2n) is 6.54. The fourth-order valence-corrected chi connectivity index (χ4v) is 5.20. The highest BCUT2D eigenvalue weighted by molar-refractivity contribution is 7.91. The van der Waals surface area contributed by atoms with Gasteiger partial charge < -0.3 is 0 Å². The second kappa shape index (κ2) is 7.71. The van der Waals surface area contributed by atoms with Crippen LogP contribution < -0.4 is 4.31 Å². The maximum Gasteiger partial charge on any atom is 0.329 e. The SMILES string of the molecule is O=C1c2ccccc2N(Cc2cccc(Cl)c2Cl)S(=O)(=O)N1Cc1ccccc1. The maximum atomic E-state index is 13.4. The largest absolute Gasteiger partial charge is 0.329 e. The molecule has 0 unspecified atom stereocenters. The van der Waals surface area contributed by atoms with E-state index < -0.39 is 16.1 Å². The Labute approximate surface area is 179 Å². The summed E-state index contributed by atoms with van der Waals surface area (Å²) in [6.45, 7) is -0.104. The number of rotatable bonds is 4. The van der Waals surface area contributed by atoms with Crippen molar-refractivity contribution < 1.29 is 13.2 Å². The van der Waals surface area contributed by atoms with E-state index in [0.717, 1.165) is 4.31 Å². The molecule has 1 aliphatic rings. The average molecular weight is 447 g/mol. The summed E-state index contributed by atoms with van der Waals surface area (Å²) in [7, 11) is -4.14. The molecule has 3 aromatic carbocycles. The summed E-state index contributed by atoms with van der Waals surface area (Å²) >= 11 is 12.4. The van der Waals surface area contributed by atoms with Crippen molar-refractivity contribution in [2.45, 2.75) is 13.1 Å². The molecule has 0 atom stereocenters. The molecule has 0 saturated carbocycles. The van der Waals surface area contributed by atoms with Crippen molar-refractivity contribution in [2.75, 3.05) is 4.31 Å². The van der Waals surface area contributed by atoms with Crippen LogP contribution in [0.15, 0.2) is 72.8 Å². The molecule has 5 nitrogen and oxygen atoms in total. The van der Waals surface area contributed by atoms with E-state index in [0.29, 0.717) is 27.4 Å². The Kier molecular flexibility index (Phi) is 5.25. The van der Waals surface area contributed by atoms with Crippen molar-refractivity contribution in [2.24, 2.45) is 0 Å². The van der Waals surface area contributed by atoms with Crippen LogP contribution in [0.3, 0.4) is 0 Å². The predicted molar refractivity (Wildman–Crippen MR) is 114 cm³/mol. The lowest BCUT2D eigenvalue weighted by Crippen LogP contribution is -2.50. The van der Waals surface area contributed by atoms with Crippen LogP contribution in [0.25, 0.3) is 0 Å². The van der Waals surface area contributed by atoms with E-state index >= 15 is 0 Å². The quantitative estimate of drug-likeness (QED) is 0.572. The molecular weight excluding hydrogens is 431 g/mol. The van der Waals surface area contributed by atoms with Crippen LogP contribution in [0, 0.1) is 0 Å². The molecule has 0 aliphatic carbocycles. The number of para-hydroxylation sites is 1. The van der Waals surface area contributed by atoms with Gasteiger partial charge in [0.1, 0.15) is 0 Å². The molecule has 0 radical (unpaired) electrons. The van der Waals surface area contributed by atoms with Crippen LogP contribution in [0.1, 0.15) is 21.5 Å². The van der Waals surface area contributed by atoms with Gasteiger partial charge in [-0.25, -0.2) is 8.61 Å². The van der Waals surface area contributed by atoms with Gasteiger partial charge in [-0.1, -0.05) is 77.8 Å². The molecule has 0 bridgehead atoms. The Morgan fingerprint density at radius 2 is 1.45 bits per heavy atom. The standard InChI is InChI=1S/C21H16Cl2N2O3S/c22-18-11-6-9-16(20(18)23)14-24-19-12-5-4-10-17(19)21(26)25(29(24,27)28)13-15-7-2-1-3-8-15/h1-12H,13-14H2. The van der Waals surface area contributed by atoms with Crippen molar-refractivity contribution in [3.05, 3.63) is 99.5 Å². The number of fused-ring (bicyclic) bond motifs is 1. The molecule has 4 rings (SSSR count). The number of amides is 1. The molecular formula is C21H16Cl2N2O3S. The Bertz CT molecular complexity index is 1180.